The second-order valence-electron chi connectivity index (χ2n) is 5.65. The van der Waals surface area contributed by atoms with Crippen LogP contribution in [0, 0.1) is 5.41 Å². The average molecular weight is 377 g/mol. The summed E-state index contributed by atoms with van der Waals surface area (Å²) < 4.78 is 46.0. The Morgan fingerprint density at radius 1 is 1.22 bits per heavy atom. The maximum atomic E-state index is 13.5. The standard InChI is InChI=1S/C17H14F3N5O2/c1-25(16(21)22)15(26)14-8-11-12(17(18,19)20)6-10(7-13(11)24-14)27-9-2-4-23-5-3-9/h2-8,24H,1H3,(H3,21,22). The van der Waals surface area contributed by atoms with E-state index in [0.717, 1.165) is 17.0 Å². The van der Waals surface area contributed by atoms with E-state index in [-0.39, 0.29) is 22.3 Å². The largest absolute Gasteiger partial charge is 0.457 e. The van der Waals surface area contributed by atoms with E-state index in [4.69, 9.17) is 15.9 Å². The molecule has 4 N–H and O–H groups in total. The summed E-state index contributed by atoms with van der Waals surface area (Å²) in [4.78, 5) is 19.5. The summed E-state index contributed by atoms with van der Waals surface area (Å²) >= 11 is 0. The molecule has 1 amide bonds. The van der Waals surface area contributed by atoms with Gasteiger partial charge in [-0.2, -0.15) is 13.2 Å². The topological polar surface area (TPSA) is 108 Å². The molecule has 27 heavy (non-hydrogen) atoms. The molecular formula is C17H14F3N5O2. The molecule has 2 aromatic heterocycles. The van der Waals surface area contributed by atoms with Crippen LogP contribution in [0.5, 0.6) is 11.5 Å². The van der Waals surface area contributed by atoms with Crippen LogP contribution in [-0.4, -0.2) is 33.8 Å². The number of carbonyl (C=O) groups excluding carboxylic acids is 1. The fourth-order valence-corrected chi connectivity index (χ4v) is 2.45. The van der Waals surface area contributed by atoms with Crippen molar-refractivity contribution in [2.75, 3.05) is 7.05 Å². The van der Waals surface area contributed by atoms with Gasteiger partial charge in [-0.15, -0.1) is 0 Å². The third kappa shape index (κ3) is 3.68. The molecule has 0 saturated carbocycles. The Morgan fingerprint density at radius 3 is 2.48 bits per heavy atom. The number of guanidine groups is 1. The van der Waals surface area contributed by atoms with Crippen molar-refractivity contribution >= 4 is 22.8 Å². The van der Waals surface area contributed by atoms with Crippen LogP contribution in [0.4, 0.5) is 13.2 Å². The molecule has 0 spiro atoms. The normalized spacial score (nSPS) is 11.4. The van der Waals surface area contributed by atoms with E-state index in [1.807, 2.05) is 0 Å². The van der Waals surface area contributed by atoms with Crippen molar-refractivity contribution in [3.05, 3.63) is 54.0 Å². The summed E-state index contributed by atoms with van der Waals surface area (Å²) in [6.07, 6.45) is -1.77. The molecule has 0 aliphatic rings. The molecule has 0 aliphatic heterocycles. The summed E-state index contributed by atoms with van der Waals surface area (Å²) in [6.45, 7) is 0. The van der Waals surface area contributed by atoms with Crippen LogP contribution in [0.15, 0.2) is 42.7 Å². The lowest BCUT2D eigenvalue weighted by Gasteiger charge is -2.12. The molecule has 0 aliphatic carbocycles. The average Bonchev–Trinajstić information content (AvgIpc) is 3.03. The van der Waals surface area contributed by atoms with Gasteiger partial charge in [0.15, 0.2) is 5.96 Å². The number of fused-ring (bicyclic) bond motifs is 1. The molecular weight excluding hydrogens is 363 g/mol. The van der Waals surface area contributed by atoms with E-state index in [9.17, 15) is 18.0 Å². The van der Waals surface area contributed by atoms with Gasteiger partial charge in [-0.1, -0.05) is 0 Å². The zero-order chi connectivity index (χ0) is 19.8. The second-order valence-corrected chi connectivity index (χ2v) is 5.65. The van der Waals surface area contributed by atoms with Gasteiger partial charge < -0.3 is 15.5 Å². The van der Waals surface area contributed by atoms with Crippen molar-refractivity contribution in [3.63, 3.8) is 0 Å². The van der Waals surface area contributed by atoms with E-state index in [0.29, 0.717) is 5.75 Å². The fourth-order valence-electron chi connectivity index (χ4n) is 2.45. The Hall–Kier alpha value is -3.56. The first-order valence-corrected chi connectivity index (χ1v) is 7.60. The van der Waals surface area contributed by atoms with Crippen LogP contribution < -0.4 is 10.5 Å². The van der Waals surface area contributed by atoms with E-state index in [2.05, 4.69) is 9.97 Å². The quantitative estimate of drug-likeness (QED) is 0.480. The number of nitrogens with zero attached hydrogens (tertiary/aromatic N) is 2. The van der Waals surface area contributed by atoms with Gasteiger partial charge in [0.05, 0.1) is 11.1 Å². The van der Waals surface area contributed by atoms with Crippen molar-refractivity contribution in [1.29, 1.82) is 5.41 Å². The van der Waals surface area contributed by atoms with E-state index < -0.39 is 23.6 Å². The highest BCUT2D eigenvalue weighted by Gasteiger charge is 2.34. The maximum Gasteiger partial charge on any atom is 0.417 e. The number of alkyl halides is 3. The highest BCUT2D eigenvalue weighted by Crippen LogP contribution is 2.39. The molecule has 0 unspecified atom stereocenters. The van der Waals surface area contributed by atoms with E-state index >= 15 is 0 Å². The summed E-state index contributed by atoms with van der Waals surface area (Å²) in [5.74, 6) is -1.00. The van der Waals surface area contributed by atoms with Crippen LogP contribution >= 0.6 is 0 Å². The van der Waals surface area contributed by atoms with Gasteiger partial charge >= 0.3 is 6.18 Å². The molecule has 0 fully saturated rings. The van der Waals surface area contributed by atoms with Gasteiger partial charge in [0, 0.05) is 30.9 Å². The number of aromatic nitrogens is 2. The van der Waals surface area contributed by atoms with Gasteiger partial charge in [0.25, 0.3) is 5.91 Å². The Kier molecular flexibility index (Phi) is 4.48. The van der Waals surface area contributed by atoms with Crippen LogP contribution in [-0.2, 0) is 6.18 Å². The van der Waals surface area contributed by atoms with E-state index in [1.165, 1.54) is 37.6 Å². The van der Waals surface area contributed by atoms with E-state index in [1.54, 1.807) is 0 Å². The molecule has 0 radical (unpaired) electrons. The first kappa shape index (κ1) is 18.2. The van der Waals surface area contributed by atoms with Crippen LogP contribution in [0.2, 0.25) is 0 Å². The summed E-state index contributed by atoms with van der Waals surface area (Å²) in [5, 5.41) is 7.09. The van der Waals surface area contributed by atoms with Crippen molar-refractivity contribution in [2.24, 2.45) is 5.73 Å². The maximum absolute atomic E-state index is 13.5. The van der Waals surface area contributed by atoms with Crippen molar-refractivity contribution in [3.8, 4) is 11.5 Å². The molecule has 3 rings (SSSR count). The Bertz CT molecular complexity index is 1010. The lowest BCUT2D eigenvalue weighted by Crippen LogP contribution is -2.38. The number of hydrogen-bond donors (Lipinski definition) is 3. The van der Waals surface area contributed by atoms with Crippen molar-refractivity contribution in [1.82, 2.24) is 14.9 Å². The summed E-state index contributed by atoms with van der Waals surface area (Å²) in [6, 6.07) is 6.30. The molecule has 0 saturated heterocycles. The minimum atomic E-state index is -4.66. The minimum Gasteiger partial charge on any atom is -0.457 e. The first-order valence-electron chi connectivity index (χ1n) is 7.60. The number of rotatable bonds is 3. The number of ether oxygens (including phenoxy) is 1. The fraction of sp³-hybridized carbons (Fsp3) is 0.118. The minimum absolute atomic E-state index is 0.0539. The molecule has 0 bridgehead atoms. The lowest BCUT2D eigenvalue weighted by molar-refractivity contribution is -0.136. The van der Waals surface area contributed by atoms with Crippen LogP contribution in [0.1, 0.15) is 16.1 Å². The number of pyridine rings is 1. The second kappa shape index (κ2) is 6.63. The van der Waals surface area contributed by atoms with Crippen molar-refractivity contribution in [2.45, 2.75) is 6.18 Å². The Labute approximate surface area is 151 Å². The molecule has 10 heteroatoms. The molecule has 140 valence electrons. The number of benzene rings is 1. The third-order valence-corrected chi connectivity index (χ3v) is 3.80. The van der Waals surface area contributed by atoms with Gasteiger partial charge in [0.1, 0.15) is 17.2 Å². The SMILES string of the molecule is CN(C(=N)N)C(=O)c1cc2c(C(F)(F)F)cc(Oc3ccncc3)cc2[nH]1. The Morgan fingerprint density at radius 2 is 1.89 bits per heavy atom. The van der Waals surface area contributed by atoms with Gasteiger partial charge in [-0.25, -0.2) is 0 Å². The number of amides is 1. The van der Waals surface area contributed by atoms with Gasteiger partial charge in [-0.05, 0) is 24.3 Å². The van der Waals surface area contributed by atoms with Gasteiger partial charge in [-0.3, -0.25) is 20.1 Å². The summed E-state index contributed by atoms with van der Waals surface area (Å²) in [5.41, 5.74) is 4.23. The molecule has 7 nitrogen and oxygen atoms in total. The van der Waals surface area contributed by atoms with Crippen molar-refractivity contribution < 1.29 is 22.7 Å². The Balaban J connectivity index is 2.10. The molecule has 0 atom stereocenters. The van der Waals surface area contributed by atoms with Gasteiger partial charge in [0.2, 0.25) is 0 Å². The number of hydrogen-bond acceptors (Lipinski definition) is 4. The van der Waals surface area contributed by atoms with Crippen LogP contribution in [0.3, 0.4) is 0 Å². The molecule has 1 aromatic carbocycles. The highest BCUT2D eigenvalue weighted by atomic mass is 19.4. The smallest absolute Gasteiger partial charge is 0.417 e. The number of nitrogens with one attached hydrogen (secondary N) is 2. The number of halogens is 3. The lowest BCUT2D eigenvalue weighted by atomic mass is 10.1. The number of H-pyrrole nitrogens is 1. The number of aromatic amines is 1. The summed E-state index contributed by atoms with van der Waals surface area (Å²) in [7, 11) is 1.25. The zero-order valence-electron chi connectivity index (χ0n) is 14.0. The number of nitrogens with two attached hydrogens (primary N) is 1. The predicted molar refractivity (Wildman–Crippen MR) is 91.6 cm³/mol. The highest BCUT2D eigenvalue weighted by molar-refractivity contribution is 6.06. The number of carbonyl (C=O) groups is 1. The van der Waals surface area contributed by atoms with Crippen LogP contribution in [0.25, 0.3) is 10.9 Å². The first-order chi connectivity index (χ1) is 12.7. The monoisotopic (exact) mass is 377 g/mol. The zero-order valence-corrected chi connectivity index (χ0v) is 14.0. The predicted octanol–water partition coefficient (Wildman–Crippen LogP) is 3.34. The molecule has 2 heterocycles. The molecule has 3 aromatic rings. The third-order valence-electron chi connectivity index (χ3n) is 3.80.